The molecule has 4 rings (SSSR count). The molecule has 0 unspecified atom stereocenters. The Balaban J connectivity index is 1.70. The first kappa shape index (κ1) is 16.2. The second-order valence-electron chi connectivity index (χ2n) is 7.03. The number of nitrogens with zero attached hydrogens (tertiary/aromatic N) is 2. The molecule has 2 fully saturated rings. The first-order valence-corrected chi connectivity index (χ1v) is 8.97. The van der Waals surface area contributed by atoms with Gasteiger partial charge in [-0.15, -0.1) is 0 Å². The lowest BCUT2D eigenvalue weighted by molar-refractivity contribution is -0.0132. The van der Waals surface area contributed by atoms with Crippen LogP contribution in [0.4, 0.5) is 0 Å². The molecule has 2 aliphatic rings. The second kappa shape index (κ2) is 6.20. The molecule has 1 aliphatic heterocycles. The van der Waals surface area contributed by atoms with Crippen LogP contribution in [-0.2, 0) is 16.0 Å². The fourth-order valence-electron chi connectivity index (χ4n) is 3.96. The molecule has 1 saturated carbocycles. The van der Waals surface area contributed by atoms with Crippen LogP contribution in [-0.4, -0.2) is 29.4 Å². The van der Waals surface area contributed by atoms with E-state index in [9.17, 15) is 4.79 Å². The monoisotopic (exact) mass is 338 g/mol. The predicted molar refractivity (Wildman–Crippen MR) is 93.4 cm³/mol. The molecule has 0 bridgehead atoms. The Labute approximate surface area is 147 Å². The molecule has 2 heterocycles. The standard InChI is InChI=1S/C20H22N2O3/c1-2-24-19(23)18-12-16-11-14(3-4-17(16)22(18)9-8-21)15-5-10-25-20(13-15)6-7-20/h3-4,11-12,15H,2,5-7,9-10,13H2,1H3/t15-/m1/s1. The number of carbonyl (C=O) groups is 1. The van der Waals surface area contributed by atoms with Gasteiger partial charge in [0.05, 0.1) is 18.3 Å². The Morgan fingerprint density at radius 2 is 2.28 bits per heavy atom. The van der Waals surface area contributed by atoms with Gasteiger partial charge >= 0.3 is 5.97 Å². The summed E-state index contributed by atoms with van der Waals surface area (Å²) in [6.45, 7) is 3.07. The van der Waals surface area contributed by atoms with E-state index in [2.05, 4.69) is 18.2 Å². The Hall–Kier alpha value is -2.32. The van der Waals surface area contributed by atoms with Crippen LogP contribution in [0.2, 0.25) is 0 Å². The van der Waals surface area contributed by atoms with Gasteiger partial charge in [-0.1, -0.05) is 6.07 Å². The maximum atomic E-state index is 12.2. The van der Waals surface area contributed by atoms with E-state index in [1.165, 1.54) is 18.4 Å². The number of benzene rings is 1. The van der Waals surface area contributed by atoms with Crippen LogP contribution in [0, 0.1) is 11.3 Å². The summed E-state index contributed by atoms with van der Waals surface area (Å²) < 4.78 is 12.8. The van der Waals surface area contributed by atoms with E-state index < -0.39 is 0 Å². The lowest BCUT2D eigenvalue weighted by Gasteiger charge is -2.30. The molecule has 0 amide bonds. The predicted octanol–water partition coefficient (Wildman–Crippen LogP) is 3.77. The van der Waals surface area contributed by atoms with Crippen LogP contribution in [0.25, 0.3) is 10.9 Å². The summed E-state index contributed by atoms with van der Waals surface area (Å²) in [5.74, 6) is 0.129. The molecule has 1 saturated heterocycles. The van der Waals surface area contributed by atoms with Crippen molar-refractivity contribution in [3.8, 4) is 6.07 Å². The van der Waals surface area contributed by atoms with Gasteiger partial charge in [-0.25, -0.2) is 4.79 Å². The zero-order valence-electron chi connectivity index (χ0n) is 14.5. The van der Waals surface area contributed by atoms with Gasteiger partial charge in [0, 0.05) is 17.5 Å². The number of esters is 1. The van der Waals surface area contributed by atoms with Crippen LogP contribution in [0.3, 0.4) is 0 Å². The summed E-state index contributed by atoms with van der Waals surface area (Å²) in [6.07, 6.45) is 4.48. The van der Waals surface area contributed by atoms with Crippen molar-refractivity contribution in [1.82, 2.24) is 4.57 Å². The number of carbonyl (C=O) groups excluding carboxylic acids is 1. The molecule has 2 aromatic rings. The van der Waals surface area contributed by atoms with Crippen molar-refractivity contribution in [3.63, 3.8) is 0 Å². The Morgan fingerprint density at radius 3 is 3.00 bits per heavy atom. The summed E-state index contributed by atoms with van der Waals surface area (Å²) in [5.41, 5.74) is 2.79. The van der Waals surface area contributed by atoms with Crippen LogP contribution in [0.5, 0.6) is 0 Å². The minimum Gasteiger partial charge on any atom is -0.461 e. The number of ether oxygens (including phenoxy) is 2. The molecule has 1 atom stereocenters. The van der Waals surface area contributed by atoms with E-state index in [-0.39, 0.29) is 18.1 Å². The third kappa shape index (κ3) is 2.91. The highest BCUT2D eigenvalue weighted by Crippen LogP contribution is 2.50. The largest absolute Gasteiger partial charge is 0.461 e. The molecular formula is C20H22N2O3. The number of hydrogen-bond acceptors (Lipinski definition) is 4. The van der Waals surface area contributed by atoms with Crippen molar-refractivity contribution >= 4 is 16.9 Å². The number of rotatable bonds is 4. The molecule has 5 nitrogen and oxygen atoms in total. The van der Waals surface area contributed by atoms with Crippen LogP contribution in [0.15, 0.2) is 24.3 Å². The Bertz CT molecular complexity index is 858. The minimum atomic E-state index is -0.376. The summed E-state index contributed by atoms with van der Waals surface area (Å²) in [5, 5.41) is 10.1. The molecule has 1 spiro atoms. The summed E-state index contributed by atoms with van der Waals surface area (Å²) in [6, 6.07) is 10.3. The van der Waals surface area contributed by atoms with Gasteiger partial charge in [-0.3, -0.25) is 0 Å². The highest BCUT2D eigenvalue weighted by Gasteiger charge is 2.47. The zero-order valence-corrected chi connectivity index (χ0v) is 14.5. The molecule has 0 N–H and O–H groups in total. The lowest BCUT2D eigenvalue weighted by Crippen LogP contribution is -2.25. The van der Waals surface area contributed by atoms with Crippen LogP contribution < -0.4 is 0 Å². The molecule has 0 radical (unpaired) electrons. The van der Waals surface area contributed by atoms with Gasteiger partial charge in [0.2, 0.25) is 0 Å². The van der Waals surface area contributed by atoms with Crippen molar-refractivity contribution < 1.29 is 14.3 Å². The van der Waals surface area contributed by atoms with Gasteiger partial charge in [0.15, 0.2) is 0 Å². The van der Waals surface area contributed by atoms with Crippen LogP contribution >= 0.6 is 0 Å². The quantitative estimate of drug-likeness (QED) is 0.796. The number of aromatic nitrogens is 1. The maximum Gasteiger partial charge on any atom is 0.355 e. The van der Waals surface area contributed by atoms with Crippen molar-refractivity contribution in [1.29, 1.82) is 5.26 Å². The van der Waals surface area contributed by atoms with E-state index in [0.29, 0.717) is 18.2 Å². The van der Waals surface area contributed by atoms with Gasteiger partial charge < -0.3 is 14.0 Å². The molecule has 1 aromatic carbocycles. The zero-order chi connectivity index (χ0) is 17.4. The highest BCUT2D eigenvalue weighted by atomic mass is 16.5. The van der Waals surface area contributed by atoms with Crippen LogP contribution in [0.1, 0.15) is 54.6 Å². The summed E-state index contributed by atoms with van der Waals surface area (Å²) >= 11 is 0. The average molecular weight is 338 g/mol. The van der Waals surface area contributed by atoms with Crippen molar-refractivity contribution in [2.75, 3.05) is 13.2 Å². The maximum absolute atomic E-state index is 12.2. The third-order valence-corrected chi connectivity index (χ3v) is 5.41. The minimum absolute atomic E-state index is 0.136. The molecule has 25 heavy (non-hydrogen) atoms. The summed E-state index contributed by atoms with van der Waals surface area (Å²) in [7, 11) is 0. The van der Waals surface area contributed by atoms with Gasteiger partial charge in [-0.05, 0) is 62.3 Å². The van der Waals surface area contributed by atoms with Gasteiger partial charge in [-0.2, -0.15) is 5.26 Å². The van der Waals surface area contributed by atoms with E-state index >= 15 is 0 Å². The van der Waals surface area contributed by atoms with Crippen molar-refractivity contribution in [2.45, 2.75) is 50.7 Å². The Kier molecular flexibility index (Phi) is 4.01. The molecule has 130 valence electrons. The van der Waals surface area contributed by atoms with E-state index in [4.69, 9.17) is 14.7 Å². The first-order valence-electron chi connectivity index (χ1n) is 8.97. The summed E-state index contributed by atoms with van der Waals surface area (Å²) in [4.78, 5) is 12.2. The van der Waals surface area contributed by atoms with Crippen molar-refractivity contribution in [2.24, 2.45) is 0 Å². The first-order chi connectivity index (χ1) is 12.2. The molecule has 1 aromatic heterocycles. The van der Waals surface area contributed by atoms with E-state index in [0.717, 1.165) is 30.4 Å². The fourth-order valence-corrected chi connectivity index (χ4v) is 3.96. The Morgan fingerprint density at radius 1 is 1.44 bits per heavy atom. The molecular weight excluding hydrogens is 316 g/mol. The van der Waals surface area contributed by atoms with Gasteiger partial charge in [0.1, 0.15) is 12.2 Å². The van der Waals surface area contributed by atoms with Crippen molar-refractivity contribution in [3.05, 3.63) is 35.5 Å². The average Bonchev–Trinajstić information content (AvgIpc) is 3.25. The molecule has 1 aliphatic carbocycles. The topological polar surface area (TPSA) is 64.2 Å². The SMILES string of the molecule is CCOC(=O)c1cc2cc([C@@H]3CCOC4(CC4)C3)ccc2n1CC#N. The van der Waals surface area contributed by atoms with E-state index in [1.54, 1.807) is 11.5 Å². The number of nitriles is 1. The molecule has 5 heteroatoms. The normalized spacial score (nSPS) is 21.2. The third-order valence-electron chi connectivity index (χ3n) is 5.41. The van der Waals surface area contributed by atoms with Gasteiger partial charge in [0.25, 0.3) is 0 Å². The lowest BCUT2D eigenvalue weighted by atomic mass is 9.87. The number of hydrogen-bond donors (Lipinski definition) is 0. The second-order valence-corrected chi connectivity index (χ2v) is 7.03. The smallest absolute Gasteiger partial charge is 0.355 e. The fraction of sp³-hybridized carbons (Fsp3) is 0.500. The van der Waals surface area contributed by atoms with E-state index in [1.807, 2.05) is 12.1 Å². The highest BCUT2D eigenvalue weighted by molar-refractivity contribution is 5.96. The number of fused-ring (bicyclic) bond motifs is 1.